The van der Waals surface area contributed by atoms with Gasteiger partial charge in [0.05, 0.1) is 16.0 Å². The lowest BCUT2D eigenvalue weighted by atomic mass is 10.1. The Morgan fingerprint density at radius 3 is 2.52 bits per heavy atom. The molecule has 0 bridgehead atoms. The summed E-state index contributed by atoms with van der Waals surface area (Å²) >= 11 is 0. The molecule has 1 aromatic heterocycles. The minimum atomic E-state index is -0.344. The summed E-state index contributed by atoms with van der Waals surface area (Å²) in [6.07, 6.45) is 4.22. The second-order valence-electron chi connectivity index (χ2n) is 6.52. The van der Waals surface area contributed by atoms with Crippen LogP contribution in [0.3, 0.4) is 0 Å². The predicted octanol–water partition coefficient (Wildman–Crippen LogP) is 4.92. The monoisotopic (exact) mass is 336 g/mol. The fraction of sp³-hybridized carbons (Fsp3) is 0.300. The number of nitro groups is 1. The zero-order valence-electron chi connectivity index (χ0n) is 14.0. The molecule has 4 rings (SSSR count). The smallest absolute Gasteiger partial charge is 0.270 e. The fourth-order valence-electron chi connectivity index (χ4n) is 3.60. The van der Waals surface area contributed by atoms with E-state index >= 15 is 0 Å². The topological polar surface area (TPSA) is 59.5 Å². The van der Waals surface area contributed by atoms with Gasteiger partial charge in [-0.25, -0.2) is 0 Å². The number of hydrogen-bond acceptors (Lipinski definition) is 4. The second kappa shape index (κ2) is 6.59. The molecule has 1 saturated heterocycles. The van der Waals surface area contributed by atoms with Crippen LogP contribution in [-0.2, 0) is 6.42 Å². The highest BCUT2D eigenvalue weighted by atomic mass is 16.6. The number of nitrogens with zero attached hydrogens (tertiary/aromatic N) is 2. The Labute approximate surface area is 146 Å². The van der Waals surface area contributed by atoms with Crippen LogP contribution >= 0.6 is 0 Å². The Morgan fingerprint density at radius 2 is 1.80 bits per heavy atom. The molecule has 128 valence electrons. The van der Waals surface area contributed by atoms with E-state index in [1.807, 2.05) is 18.2 Å². The standard InChI is InChI=1S/C20H20N2O3/c23-22(24)16-9-10-18-17(14-16)20(21-11-5-2-6-12-21)19(25-18)13-15-7-3-1-4-8-15/h1,3-4,7-10,14H,2,5-6,11-13H2. The van der Waals surface area contributed by atoms with Crippen molar-refractivity contribution in [2.75, 3.05) is 18.0 Å². The number of rotatable bonds is 4. The van der Waals surface area contributed by atoms with Crippen LogP contribution < -0.4 is 4.90 Å². The number of benzene rings is 2. The van der Waals surface area contributed by atoms with Crippen molar-refractivity contribution in [3.05, 3.63) is 70.0 Å². The summed E-state index contributed by atoms with van der Waals surface area (Å²) in [6, 6.07) is 15.1. The SMILES string of the molecule is O=[N+]([O-])c1ccc2oc(Cc3ccccc3)c(N3CCCCC3)c2c1. The number of hydrogen-bond donors (Lipinski definition) is 0. The van der Waals surface area contributed by atoms with E-state index in [9.17, 15) is 10.1 Å². The number of fused-ring (bicyclic) bond motifs is 1. The molecule has 0 atom stereocenters. The Balaban J connectivity index is 1.83. The third-order valence-electron chi connectivity index (χ3n) is 4.81. The molecule has 5 nitrogen and oxygen atoms in total. The van der Waals surface area contributed by atoms with E-state index in [0.717, 1.165) is 48.3 Å². The van der Waals surface area contributed by atoms with Crippen molar-refractivity contribution in [1.82, 2.24) is 0 Å². The zero-order valence-corrected chi connectivity index (χ0v) is 14.0. The largest absolute Gasteiger partial charge is 0.458 e. The summed E-state index contributed by atoms with van der Waals surface area (Å²) in [5, 5.41) is 12.0. The van der Waals surface area contributed by atoms with Crippen molar-refractivity contribution in [2.45, 2.75) is 25.7 Å². The lowest BCUT2D eigenvalue weighted by Gasteiger charge is -2.28. The van der Waals surface area contributed by atoms with Gasteiger partial charge in [0.15, 0.2) is 0 Å². The summed E-state index contributed by atoms with van der Waals surface area (Å²) in [6.45, 7) is 1.94. The van der Waals surface area contributed by atoms with Crippen LogP contribution in [0, 0.1) is 10.1 Å². The van der Waals surface area contributed by atoms with E-state index in [0.29, 0.717) is 6.42 Å². The summed E-state index contributed by atoms with van der Waals surface area (Å²) < 4.78 is 6.13. The number of piperidine rings is 1. The van der Waals surface area contributed by atoms with Gasteiger partial charge in [0.25, 0.3) is 5.69 Å². The number of nitro benzene ring substituents is 1. The van der Waals surface area contributed by atoms with E-state index in [4.69, 9.17) is 4.42 Å². The lowest BCUT2D eigenvalue weighted by Crippen LogP contribution is -2.29. The van der Waals surface area contributed by atoms with Gasteiger partial charge in [0, 0.05) is 31.6 Å². The normalized spacial score (nSPS) is 14.8. The third-order valence-corrected chi connectivity index (χ3v) is 4.81. The van der Waals surface area contributed by atoms with E-state index in [-0.39, 0.29) is 10.6 Å². The van der Waals surface area contributed by atoms with Crippen molar-refractivity contribution in [2.24, 2.45) is 0 Å². The molecule has 0 unspecified atom stereocenters. The molecule has 1 aliphatic rings. The van der Waals surface area contributed by atoms with Gasteiger partial charge in [-0.1, -0.05) is 30.3 Å². The maximum atomic E-state index is 11.2. The molecule has 3 aromatic rings. The summed E-state index contributed by atoms with van der Waals surface area (Å²) in [5.74, 6) is 0.892. The first kappa shape index (κ1) is 15.7. The first-order valence-corrected chi connectivity index (χ1v) is 8.71. The lowest BCUT2D eigenvalue weighted by molar-refractivity contribution is -0.384. The molecule has 1 aliphatic heterocycles. The van der Waals surface area contributed by atoms with E-state index in [1.54, 1.807) is 12.1 Å². The molecular formula is C20H20N2O3. The quantitative estimate of drug-likeness (QED) is 0.501. The Morgan fingerprint density at radius 1 is 1.04 bits per heavy atom. The average Bonchev–Trinajstić information content (AvgIpc) is 3.00. The van der Waals surface area contributed by atoms with Crippen molar-refractivity contribution < 1.29 is 9.34 Å². The van der Waals surface area contributed by atoms with Gasteiger partial charge in [-0.05, 0) is 30.9 Å². The molecule has 2 heterocycles. The van der Waals surface area contributed by atoms with Gasteiger partial charge >= 0.3 is 0 Å². The first-order valence-electron chi connectivity index (χ1n) is 8.71. The van der Waals surface area contributed by atoms with Crippen LogP contribution in [0.1, 0.15) is 30.6 Å². The number of non-ortho nitro benzene ring substituents is 1. The van der Waals surface area contributed by atoms with Gasteiger partial charge in [0.1, 0.15) is 11.3 Å². The second-order valence-corrected chi connectivity index (χ2v) is 6.52. The molecule has 0 spiro atoms. The predicted molar refractivity (Wildman–Crippen MR) is 98.2 cm³/mol. The Bertz CT molecular complexity index is 896. The van der Waals surface area contributed by atoms with Gasteiger partial charge in [0.2, 0.25) is 0 Å². The number of furan rings is 1. The van der Waals surface area contributed by atoms with Gasteiger partial charge in [-0.15, -0.1) is 0 Å². The van der Waals surface area contributed by atoms with E-state index < -0.39 is 0 Å². The summed E-state index contributed by atoms with van der Waals surface area (Å²) in [4.78, 5) is 13.2. The molecule has 0 N–H and O–H groups in total. The van der Waals surface area contributed by atoms with E-state index in [2.05, 4.69) is 17.0 Å². The Kier molecular flexibility index (Phi) is 4.14. The summed E-state index contributed by atoms with van der Waals surface area (Å²) in [5.41, 5.74) is 3.03. The van der Waals surface area contributed by atoms with Crippen LogP contribution in [0.5, 0.6) is 0 Å². The highest BCUT2D eigenvalue weighted by Crippen LogP contribution is 2.38. The molecule has 0 radical (unpaired) electrons. The van der Waals surface area contributed by atoms with Crippen LogP contribution in [0.25, 0.3) is 11.0 Å². The van der Waals surface area contributed by atoms with Crippen molar-refractivity contribution in [3.8, 4) is 0 Å². The molecule has 2 aromatic carbocycles. The van der Waals surface area contributed by atoms with Crippen molar-refractivity contribution >= 4 is 22.3 Å². The molecule has 0 saturated carbocycles. The Hall–Kier alpha value is -2.82. The van der Waals surface area contributed by atoms with Crippen LogP contribution in [0.2, 0.25) is 0 Å². The van der Waals surface area contributed by atoms with Crippen LogP contribution in [0.15, 0.2) is 52.9 Å². The van der Waals surface area contributed by atoms with Gasteiger partial charge < -0.3 is 9.32 Å². The third kappa shape index (κ3) is 3.09. The molecule has 5 heteroatoms. The maximum absolute atomic E-state index is 11.2. The minimum absolute atomic E-state index is 0.109. The summed E-state index contributed by atoms with van der Waals surface area (Å²) in [7, 11) is 0. The first-order chi connectivity index (χ1) is 12.2. The van der Waals surface area contributed by atoms with Crippen LogP contribution in [0.4, 0.5) is 11.4 Å². The van der Waals surface area contributed by atoms with E-state index in [1.165, 1.54) is 18.1 Å². The van der Waals surface area contributed by atoms with Crippen molar-refractivity contribution in [1.29, 1.82) is 0 Å². The highest BCUT2D eigenvalue weighted by Gasteiger charge is 2.23. The number of anilines is 1. The molecular weight excluding hydrogens is 316 g/mol. The fourth-order valence-corrected chi connectivity index (χ4v) is 3.60. The average molecular weight is 336 g/mol. The molecule has 0 amide bonds. The zero-order chi connectivity index (χ0) is 17.2. The van der Waals surface area contributed by atoms with Gasteiger partial charge in [-0.2, -0.15) is 0 Å². The maximum Gasteiger partial charge on any atom is 0.270 e. The van der Waals surface area contributed by atoms with Gasteiger partial charge in [-0.3, -0.25) is 10.1 Å². The minimum Gasteiger partial charge on any atom is -0.458 e. The molecule has 1 fully saturated rings. The van der Waals surface area contributed by atoms with Crippen LogP contribution in [-0.4, -0.2) is 18.0 Å². The highest BCUT2D eigenvalue weighted by molar-refractivity contribution is 5.94. The van der Waals surface area contributed by atoms with Crippen molar-refractivity contribution in [3.63, 3.8) is 0 Å². The molecule has 0 aliphatic carbocycles. The molecule has 25 heavy (non-hydrogen) atoms.